The average molecular weight is 513 g/mol. The molecule has 2 heterocycles. The number of H-pyrrole nitrogens is 2. The molecule has 0 aliphatic rings. The number of hydrogen-bond donors (Lipinski definition) is 8. The van der Waals surface area contributed by atoms with Crippen LogP contribution in [0.1, 0.15) is 11.3 Å². The maximum Gasteiger partial charge on any atom is 0.326 e. The molecule has 0 saturated carbocycles. The van der Waals surface area contributed by atoms with E-state index in [1.54, 1.807) is 6.20 Å². The number of imidazole rings is 1. The predicted molar refractivity (Wildman–Crippen MR) is 131 cm³/mol. The molecular formula is C23H28N8O6. The van der Waals surface area contributed by atoms with E-state index in [2.05, 4.69) is 36.2 Å². The van der Waals surface area contributed by atoms with Gasteiger partial charge in [-0.3, -0.25) is 19.2 Å². The van der Waals surface area contributed by atoms with Gasteiger partial charge in [-0.25, -0.2) is 9.78 Å². The smallest absolute Gasteiger partial charge is 0.326 e. The van der Waals surface area contributed by atoms with Gasteiger partial charge < -0.3 is 42.1 Å². The van der Waals surface area contributed by atoms with E-state index >= 15 is 0 Å². The van der Waals surface area contributed by atoms with E-state index in [9.17, 15) is 29.1 Å². The number of benzene rings is 1. The molecule has 0 bridgehead atoms. The number of amides is 4. The predicted octanol–water partition coefficient (Wildman–Crippen LogP) is -2.08. The SMILES string of the molecule is NC(Cc1cnc[nH]1)C(=O)NCC(=O)NCC(=O)NCC(=O)NC(Cc1c[nH]c2ccccc12)C(=O)O. The first kappa shape index (κ1) is 26.9. The molecule has 2 unspecified atom stereocenters. The van der Waals surface area contributed by atoms with Crippen LogP contribution in [0, 0.1) is 0 Å². The van der Waals surface area contributed by atoms with Crippen LogP contribution in [0.4, 0.5) is 0 Å². The van der Waals surface area contributed by atoms with Crippen LogP contribution in [-0.4, -0.2) is 81.4 Å². The minimum Gasteiger partial charge on any atom is -0.480 e. The minimum atomic E-state index is -1.22. The number of rotatable bonds is 13. The van der Waals surface area contributed by atoms with Crippen LogP contribution in [0.25, 0.3) is 10.9 Å². The largest absolute Gasteiger partial charge is 0.480 e. The van der Waals surface area contributed by atoms with E-state index in [1.807, 2.05) is 24.3 Å². The first-order valence-corrected chi connectivity index (χ1v) is 11.3. The lowest BCUT2D eigenvalue weighted by Crippen LogP contribution is -2.49. The fraction of sp³-hybridized carbons (Fsp3) is 0.304. The van der Waals surface area contributed by atoms with Crippen molar-refractivity contribution < 1.29 is 29.1 Å². The third kappa shape index (κ3) is 8.17. The van der Waals surface area contributed by atoms with Gasteiger partial charge in [-0.05, 0) is 11.6 Å². The van der Waals surface area contributed by atoms with Crippen molar-refractivity contribution in [2.24, 2.45) is 5.73 Å². The fourth-order valence-corrected chi connectivity index (χ4v) is 3.47. The minimum absolute atomic E-state index is 0.0480. The van der Waals surface area contributed by atoms with Gasteiger partial charge in [0.25, 0.3) is 0 Å². The van der Waals surface area contributed by atoms with Crippen molar-refractivity contribution in [1.82, 2.24) is 36.2 Å². The number of nitrogens with two attached hydrogens (primary N) is 1. The Morgan fingerprint density at radius 3 is 2.27 bits per heavy atom. The van der Waals surface area contributed by atoms with Crippen molar-refractivity contribution in [2.75, 3.05) is 19.6 Å². The Kier molecular flexibility index (Phi) is 9.32. The highest BCUT2D eigenvalue weighted by Gasteiger charge is 2.22. The van der Waals surface area contributed by atoms with Crippen LogP contribution in [0.15, 0.2) is 43.0 Å². The van der Waals surface area contributed by atoms with Gasteiger partial charge in [-0.15, -0.1) is 0 Å². The molecule has 4 amide bonds. The molecule has 9 N–H and O–H groups in total. The van der Waals surface area contributed by atoms with Crippen LogP contribution in [0.2, 0.25) is 0 Å². The maximum absolute atomic E-state index is 12.2. The molecule has 14 heteroatoms. The first-order chi connectivity index (χ1) is 17.7. The number of carboxylic acid groups (broad SMARTS) is 1. The van der Waals surface area contributed by atoms with Gasteiger partial charge in [-0.2, -0.15) is 0 Å². The highest BCUT2D eigenvalue weighted by Crippen LogP contribution is 2.19. The highest BCUT2D eigenvalue weighted by atomic mass is 16.4. The molecule has 2 aromatic heterocycles. The standard InChI is InChI=1S/C23H28N8O6/c24-16(6-14-8-25-12-30-14)22(35)29-10-20(33)27-9-19(32)28-11-21(34)31-18(23(36)37)5-13-7-26-17-4-2-1-3-15(13)17/h1-4,7-8,12,16,18,26H,5-6,9-11,24H2,(H,25,30)(H,27,33)(H,28,32)(H,29,35)(H,31,34)(H,36,37). The first-order valence-electron chi connectivity index (χ1n) is 11.3. The summed E-state index contributed by atoms with van der Waals surface area (Å²) in [6.07, 6.45) is 4.93. The monoisotopic (exact) mass is 512 g/mol. The number of nitrogens with one attached hydrogen (secondary N) is 6. The second-order valence-corrected chi connectivity index (χ2v) is 8.18. The van der Waals surface area contributed by atoms with Gasteiger partial charge in [0.1, 0.15) is 6.04 Å². The summed E-state index contributed by atoms with van der Waals surface area (Å²) >= 11 is 0. The van der Waals surface area contributed by atoms with Crippen molar-refractivity contribution in [3.63, 3.8) is 0 Å². The quantitative estimate of drug-likeness (QED) is 0.127. The summed E-state index contributed by atoms with van der Waals surface area (Å²) in [5, 5.41) is 19.7. The number of hydrogen-bond acceptors (Lipinski definition) is 7. The summed E-state index contributed by atoms with van der Waals surface area (Å²) < 4.78 is 0. The summed E-state index contributed by atoms with van der Waals surface area (Å²) in [7, 11) is 0. The molecule has 0 spiro atoms. The lowest BCUT2D eigenvalue weighted by molar-refractivity contribution is -0.141. The zero-order valence-electron chi connectivity index (χ0n) is 19.7. The number of aliphatic carboxylic acids is 1. The summed E-state index contributed by atoms with van der Waals surface area (Å²) in [5.41, 5.74) is 8.01. The van der Waals surface area contributed by atoms with Crippen molar-refractivity contribution in [2.45, 2.75) is 24.9 Å². The van der Waals surface area contributed by atoms with Gasteiger partial charge >= 0.3 is 5.97 Å². The van der Waals surface area contributed by atoms with Crippen LogP contribution in [0.5, 0.6) is 0 Å². The molecule has 0 saturated heterocycles. The summed E-state index contributed by atoms with van der Waals surface area (Å²) in [6.45, 7) is -1.32. The molecule has 196 valence electrons. The maximum atomic E-state index is 12.2. The number of carbonyl (C=O) groups is 5. The number of carbonyl (C=O) groups excluding carboxylic acids is 4. The number of para-hydroxylation sites is 1. The molecular weight excluding hydrogens is 484 g/mol. The van der Waals surface area contributed by atoms with E-state index in [-0.39, 0.29) is 12.8 Å². The van der Waals surface area contributed by atoms with E-state index in [0.717, 1.165) is 16.5 Å². The van der Waals surface area contributed by atoms with Gasteiger partial charge in [0.15, 0.2) is 0 Å². The van der Waals surface area contributed by atoms with Crippen LogP contribution >= 0.6 is 0 Å². The molecule has 3 aromatic rings. The summed E-state index contributed by atoms with van der Waals surface area (Å²) in [4.78, 5) is 69.3. The van der Waals surface area contributed by atoms with Gasteiger partial charge in [0, 0.05) is 41.8 Å². The number of aromatic amines is 2. The molecule has 2 atom stereocenters. The molecule has 14 nitrogen and oxygen atoms in total. The Labute approximate surface area is 210 Å². The number of aromatic nitrogens is 3. The Morgan fingerprint density at radius 2 is 1.59 bits per heavy atom. The fourth-order valence-electron chi connectivity index (χ4n) is 3.47. The number of carboxylic acids is 1. The lowest BCUT2D eigenvalue weighted by atomic mass is 10.1. The Morgan fingerprint density at radius 1 is 0.919 bits per heavy atom. The third-order valence-corrected chi connectivity index (χ3v) is 5.38. The Bertz CT molecular complexity index is 1260. The third-order valence-electron chi connectivity index (χ3n) is 5.38. The molecule has 1 aromatic carbocycles. The van der Waals surface area contributed by atoms with Gasteiger partial charge in [-0.1, -0.05) is 18.2 Å². The topological polar surface area (TPSA) is 224 Å². The second kappa shape index (κ2) is 12.8. The lowest BCUT2D eigenvalue weighted by Gasteiger charge is -2.15. The molecule has 0 fully saturated rings. The normalized spacial score (nSPS) is 12.4. The average Bonchev–Trinajstić information content (AvgIpc) is 3.54. The van der Waals surface area contributed by atoms with E-state index in [0.29, 0.717) is 5.69 Å². The number of nitrogens with zero attached hydrogens (tertiary/aromatic N) is 1. The Balaban J connectivity index is 1.35. The van der Waals surface area contributed by atoms with E-state index in [4.69, 9.17) is 5.73 Å². The van der Waals surface area contributed by atoms with E-state index in [1.165, 1.54) is 12.5 Å². The van der Waals surface area contributed by atoms with E-state index < -0.39 is 61.3 Å². The van der Waals surface area contributed by atoms with Crippen molar-refractivity contribution in [3.8, 4) is 0 Å². The molecule has 37 heavy (non-hydrogen) atoms. The van der Waals surface area contributed by atoms with Gasteiger partial charge in [0.05, 0.1) is 32.0 Å². The van der Waals surface area contributed by atoms with Crippen LogP contribution < -0.4 is 27.0 Å². The molecule has 0 radical (unpaired) electrons. The Hall–Kier alpha value is -4.72. The summed E-state index contributed by atoms with van der Waals surface area (Å²) in [5.74, 6) is -3.78. The van der Waals surface area contributed by atoms with Crippen molar-refractivity contribution >= 4 is 40.5 Å². The molecule has 0 aliphatic heterocycles. The number of fused-ring (bicyclic) bond motifs is 1. The van der Waals surface area contributed by atoms with Crippen LogP contribution in [0.3, 0.4) is 0 Å². The summed E-state index contributed by atoms with van der Waals surface area (Å²) in [6, 6.07) is 5.28. The zero-order valence-corrected chi connectivity index (χ0v) is 19.7. The highest BCUT2D eigenvalue weighted by molar-refractivity contribution is 5.92. The van der Waals surface area contributed by atoms with Crippen LogP contribution in [-0.2, 0) is 36.8 Å². The van der Waals surface area contributed by atoms with Crippen molar-refractivity contribution in [1.29, 1.82) is 0 Å². The molecule has 3 rings (SSSR count). The van der Waals surface area contributed by atoms with Gasteiger partial charge in [0.2, 0.25) is 23.6 Å². The molecule has 0 aliphatic carbocycles. The zero-order chi connectivity index (χ0) is 26.8. The second-order valence-electron chi connectivity index (χ2n) is 8.18. The van der Waals surface area contributed by atoms with Crippen molar-refractivity contribution in [3.05, 3.63) is 54.2 Å².